The Bertz CT molecular complexity index is 742. The van der Waals surface area contributed by atoms with E-state index in [0.717, 1.165) is 17.0 Å². The number of benzene rings is 2. The molecule has 0 aliphatic carbocycles. The Kier molecular flexibility index (Phi) is 6.14. The van der Waals surface area contributed by atoms with Crippen molar-refractivity contribution in [2.75, 3.05) is 19.5 Å². The van der Waals surface area contributed by atoms with Crippen molar-refractivity contribution in [3.63, 3.8) is 0 Å². The van der Waals surface area contributed by atoms with Crippen molar-refractivity contribution in [1.29, 1.82) is 0 Å². The largest absolute Gasteiger partial charge is 0.493 e. The second kappa shape index (κ2) is 8.31. The molecule has 0 saturated heterocycles. The van der Waals surface area contributed by atoms with E-state index in [-0.39, 0.29) is 0 Å². The van der Waals surface area contributed by atoms with E-state index in [0.29, 0.717) is 16.6 Å². The molecule has 0 bridgehead atoms. The first-order valence-corrected chi connectivity index (χ1v) is 7.84. The standard InChI is InChI=1S/C18H21N3O2S/c1-12-5-7-14(8-6-12)13(2)20-21-18(24)19-15-9-10-16(22-3)17(11-15)23-4/h5-11H,1-4H3,(H2,19,21,24). The maximum absolute atomic E-state index is 5.27. The summed E-state index contributed by atoms with van der Waals surface area (Å²) in [5.74, 6) is 1.29. The second-order valence-corrected chi connectivity index (χ2v) is 5.61. The fourth-order valence-corrected chi connectivity index (χ4v) is 2.23. The molecule has 2 aromatic rings. The van der Waals surface area contributed by atoms with Crippen LogP contribution in [0.1, 0.15) is 18.1 Å². The van der Waals surface area contributed by atoms with Crippen LogP contribution in [0.25, 0.3) is 0 Å². The van der Waals surface area contributed by atoms with Crippen molar-refractivity contribution in [1.82, 2.24) is 5.43 Å². The minimum Gasteiger partial charge on any atom is -0.493 e. The van der Waals surface area contributed by atoms with Crippen LogP contribution in [0.5, 0.6) is 11.5 Å². The summed E-state index contributed by atoms with van der Waals surface area (Å²) in [4.78, 5) is 0. The number of anilines is 1. The molecule has 0 aliphatic rings. The van der Waals surface area contributed by atoms with Crippen molar-refractivity contribution in [3.8, 4) is 11.5 Å². The average Bonchev–Trinajstić information content (AvgIpc) is 2.60. The molecule has 0 amide bonds. The summed E-state index contributed by atoms with van der Waals surface area (Å²) in [6.45, 7) is 3.98. The van der Waals surface area contributed by atoms with E-state index in [2.05, 4.69) is 34.9 Å². The van der Waals surface area contributed by atoms with Gasteiger partial charge in [0.25, 0.3) is 0 Å². The van der Waals surface area contributed by atoms with Crippen LogP contribution in [0.4, 0.5) is 5.69 Å². The van der Waals surface area contributed by atoms with Gasteiger partial charge in [0.05, 0.1) is 19.9 Å². The summed E-state index contributed by atoms with van der Waals surface area (Å²) in [7, 11) is 3.19. The summed E-state index contributed by atoms with van der Waals surface area (Å²) >= 11 is 5.26. The fraction of sp³-hybridized carbons (Fsp3) is 0.222. The van der Waals surface area contributed by atoms with Gasteiger partial charge in [-0.15, -0.1) is 0 Å². The summed E-state index contributed by atoms with van der Waals surface area (Å²) in [6.07, 6.45) is 0. The zero-order valence-corrected chi connectivity index (χ0v) is 15.0. The van der Waals surface area contributed by atoms with E-state index in [1.54, 1.807) is 14.2 Å². The molecule has 0 unspecified atom stereocenters. The number of hydrogen-bond donors (Lipinski definition) is 2. The molecule has 5 nitrogen and oxygen atoms in total. The number of ether oxygens (including phenoxy) is 2. The van der Waals surface area contributed by atoms with E-state index in [9.17, 15) is 0 Å². The van der Waals surface area contributed by atoms with Gasteiger partial charge in [-0.2, -0.15) is 5.10 Å². The molecule has 0 heterocycles. The Morgan fingerprint density at radius 3 is 2.29 bits per heavy atom. The minimum atomic E-state index is 0.397. The highest BCUT2D eigenvalue weighted by atomic mass is 32.1. The van der Waals surface area contributed by atoms with Crippen molar-refractivity contribution in [2.24, 2.45) is 5.10 Å². The number of nitrogens with one attached hydrogen (secondary N) is 2. The Balaban J connectivity index is 2.00. The summed E-state index contributed by atoms with van der Waals surface area (Å²) in [5, 5.41) is 7.76. The highest BCUT2D eigenvalue weighted by molar-refractivity contribution is 7.80. The van der Waals surface area contributed by atoms with Gasteiger partial charge in [0, 0.05) is 11.8 Å². The molecule has 2 N–H and O–H groups in total. The van der Waals surface area contributed by atoms with E-state index in [1.165, 1.54) is 5.56 Å². The number of nitrogens with zero attached hydrogens (tertiary/aromatic N) is 1. The molecule has 6 heteroatoms. The van der Waals surface area contributed by atoms with Crippen LogP contribution in [0.3, 0.4) is 0 Å². The molecule has 0 aliphatic heterocycles. The molecule has 24 heavy (non-hydrogen) atoms. The van der Waals surface area contributed by atoms with E-state index in [4.69, 9.17) is 21.7 Å². The molecule has 126 valence electrons. The highest BCUT2D eigenvalue weighted by Gasteiger charge is 2.05. The fourth-order valence-electron chi connectivity index (χ4n) is 2.07. The van der Waals surface area contributed by atoms with Crippen molar-refractivity contribution in [3.05, 3.63) is 53.6 Å². The molecule has 2 aromatic carbocycles. The first-order chi connectivity index (χ1) is 11.5. The highest BCUT2D eigenvalue weighted by Crippen LogP contribution is 2.29. The van der Waals surface area contributed by atoms with Crippen LogP contribution in [-0.2, 0) is 0 Å². The van der Waals surface area contributed by atoms with Crippen LogP contribution < -0.4 is 20.2 Å². The lowest BCUT2D eigenvalue weighted by atomic mass is 10.1. The Morgan fingerprint density at radius 2 is 1.67 bits per heavy atom. The van der Waals surface area contributed by atoms with Gasteiger partial charge in [0.15, 0.2) is 16.6 Å². The van der Waals surface area contributed by atoms with Gasteiger partial charge < -0.3 is 14.8 Å². The zero-order valence-electron chi connectivity index (χ0n) is 14.2. The van der Waals surface area contributed by atoms with Gasteiger partial charge in [-0.1, -0.05) is 29.8 Å². The first-order valence-electron chi connectivity index (χ1n) is 7.44. The van der Waals surface area contributed by atoms with Gasteiger partial charge in [-0.3, -0.25) is 5.43 Å². The molecule has 0 spiro atoms. The molecule has 0 atom stereocenters. The Hall–Kier alpha value is -2.60. The quantitative estimate of drug-likeness (QED) is 0.492. The van der Waals surface area contributed by atoms with E-state index < -0.39 is 0 Å². The van der Waals surface area contributed by atoms with Gasteiger partial charge >= 0.3 is 0 Å². The summed E-state index contributed by atoms with van der Waals surface area (Å²) in [5.41, 5.74) is 6.74. The number of rotatable bonds is 5. The third-order valence-corrected chi connectivity index (χ3v) is 3.63. The lowest BCUT2D eigenvalue weighted by molar-refractivity contribution is 0.355. The Labute approximate surface area is 147 Å². The maximum Gasteiger partial charge on any atom is 0.191 e. The zero-order chi connectivity index (χ0) is 17.5. The molecule has 0 saturated carbocycles. The maximum atomic E-state index is 5.27. The number of hydrogen-bond acceptors (Lipinski definition) is 4. The SMILES string of the molecule is COc1ccc(NC(=S)NN=C(C)c2ccc(C)cc2)cc1OC. The van der Waals surface area contributed by atoms with Crippen LogP contribution in [0, 0.1) is 6.92 Å². The third-order valence-electron chi connectivity index (χ3n) is 3.44. The molecular weight excluding hydrogens is 322 g/mol. The van der Waals surface area contributed by atoms with Crippen LogP contribution in [0.15, 0.2) is 47.6 Å². The van der Waals surface area contributed by atoms with Crippen LogP contribution in [0.2, 0.25) is 0 Å². The predicted octanol–water partition coefficient (Wildman–Crippen LogP) is 3.72. The van der Waals surface area contributed by atoms with Crippen LogP contribution in [-0.4, -0.2) is 25.0 Å². The molecule has 0 fully saturated rings. The monoisotopic (exact) mass is 343 g/mol. The molecular formula is C18H21N3O2S. The average molecular weight is 343 g/mol. The first kappa shape index (κ1) is 17.7. The summed E-state index contributed by atoms with van der Waals surface area (Å²) in [6, 6.07) is 13.6. The second-order valence-electron chi connectivity index (χ2n) is 5.20. The van der Waals surface area contributed by atoms with E-state index in [1.807, 2.05) is 37.3 Å². The predicted molar refractivity (Wildman–Crippen MR) is 102 cm³/mol. The minimum absolute atomic E-state index is 0.397. The molecule has 2 rings (SSSR count). The summed E-state index contributed by atoms with van der Waals surface area (Å²) < 4.78 is 10.5. The number of methoxy groups -OCH3 is 2. The molecule has 0 aromatic heterocycles. The smallest absolute Gasteiger partial charge is 0.191 e. The lowest BCUT2D eigenvalue weighted by Crippen LogP contribution is -2.25. The van der Waals surface area contributed by atoms with Gasteiger partial charge in [0.1, 0.15) is 0 Å². The van der Waals surface area contributed by atoms with Gasteiger partial charge in [0.2, 0.25) is 0 Å². The van der Waals surface area contributed by atoms with Crippen LogP contribution >= 0.6 is 12.2 Å². The Morgan fingerprint density at radius 1 is 1.00 bits per heavy atom. The normalized spacial score (nSPS) is 10.9. The number of hydrazone groups is 1. The lowest BCUT2D eigenvalue weighted by Gasteiger charge is -2.12. The van der Waals surface area contributed by atoms with Gasteiger partial charge in [-0.05, 0) is 43.8 Å². The third kappa shape index (κ3) is 4.70. The van der Waals surface area contributed by atoms with Gasteiger partial charge in [-0.25, -0.2) is 0 Å². The van der Waals surface area contributed by atoms with E-state index >= 15 is 0 Å². The topological polar surface area (TPSA) is 54.9 Å². The van der Waals surface area contributed by atoms with Crippen molar-refractivity contribution in [2.45, 2.75) is 13.8 Å². The number of thiocarbonyl (C=S) groups is 1. The van der Waals surface area contributed by atoms with Crippen molar-refractivity contribution >= 4 is 28.7 Å². The number of aryl methyl sites for hydroxylation is 1. The van der Waals surface area contributed by atoms with Crippen molar-refractivity contribution < 1.29 is 9.47 Å². The molecule has 0 radical (unpaired) electrons.